The van der Waals surface area contributed by atoms with Crippen molar-refractivity contribution in [2.24, 2.45) is 11.8 Å². The zero-order chi connectivity index (χ0) is 21.3. The van der Waals surface area contributed by atoms with Crippen LogP contribution in [-0.2, 0) is 9.53 Å². The molecule has 1 aromatic carbocycles. The third kappa shape index (κ3) is 3.98. The molecular formula is C22H30N2O6. The SMILES string of the molecule is COCCOc1cc(O)cc(C(=O)N2C[C@H]3C[C@@H](C2)[C@H](CO)N2C(=O)CCC[C@@H]32)c1. The molecule has 0 radical (unpaired) electrons. The van der Waals surface area contributed by atoms with Gasteiger partial charge in [0.05, 0.1) is 19.3 Å². The van der Waals surface area contributed by atoms with Gasteiger partial charge in [-0.1, -0.05) is 0 Å². The van der Waals surface area contributed by atoms with Gasteiger partial charge in [0.15, 0.2) is 0 Å². The highest BCUT2D eigenvalue weighted by atomic mass is 16.5. The first-order valence-electron chi connectivity index (χ1n) is 10.7. The smallest absolute Gasteiger partial charge is 0.254 e. The van der Waals surface area contributed by atoms with Crippen molar-refractivity contribution in [3.8, 4) is 11.5 Å². The van der Waals surface area contributed by atoms with E-state index >= 15 is 0 Å². The van der Waals surface area contributed by atoms with Crippen LogP contribution in [-0.4, -0.2) is 83.9 Å². The summed E-state index contributed by atoms with van der Waals surface area (Å²) in [6, 6.07) is 4.43. The maximum absolute atomic E-state index is 13.3. The van der Waals surface area contributed by atoms with Gasteiger partial charge >= 0.3 is 0 Å². The number of hydrogen-bond acceptors (Lipinski definition) is 6. The van der Waals surface area contributed by atoms with E-state index in [1.54, 1.807) is 13.2 Å². The number of fused-ring (bicyclic) bond motifs is 4. The first-order chi connectivity index (χ1) is 14.5. The number of phenols is 1. The van der Waals surface area contributed by atoms with Crippen molar-refractivity contribution >= 4 is 11.8 Å². The number of carbonyl (C=O) groups excluding carboxylic acids is 2. The van der Waals surface area contributed by atoms with E-state index in [4.69, 9.17) is 9.47 Å². The van der Waals surface area contributed by atoms with E-state index in [2.05, 4.69) is 0 Å². The average Bonchev–Trinajstić information content (AvgIpc) is 2.74. The van der Waals surface area contributed by atoms with E-state index in [0.717, 1.165) is 19.3 Å². The number of phenolic OH excluding ortho intramolecular Hbond substituents is 1. The number of ether oxygens (including phenoxy) is 2. The fourth-order valence-corrected chi connectivity index (χ4v) is 5.39. The molecule has 3 heterocycles. The monoisotopic (exact) mass is 418 g/mol. The maximum Gasteiger partial charge on any atom is 0.254 e. The summed E-state index contributed by atoms with van der Waals surface area (Å²) >= 11 is 0. The van der Waals surface area contributed by atoms with Gasteiger partial charge in [-0.2, -0.15) is 0 Å². The molecule has 4 atom stereocenters. The van der Waals surface area contributed by atoms with Gasteiger partial charge in [-0.15, -0.1) is 0 Å². The van der Waals surface area contributed by atoms with Gasteiger partial charge in [-0.05, 0) is 43.2 Å². The molecule has 2 N–H and O–H groups in total. The summed E-state index contributed by atoms with van der Waals surface area (Å²) in [7, 11) is 1.58. The standard InChI is InChI=1S/C22H30N2O6/c1-29-5-6-30-18-9-14(8-17(26)10-18)22(28)23-11-15-7-16(12-23)20(13-25)24-19(15)3-2-4-21(24)27/h8-10,15-16,19-20,25-26H,2-7,11-13H2,1H3/t15-,16+,19+,20+/m1/s1. The zero-order valence-corrected chi connectivity index (χ0v) is 17.3. The van der Waals surface area contributed by atoms with Crippen molar-refractivity contribution in [1.82, 2.24) is 9.80 Å². The van der Waals surface area contributed by atoms with Crippen molar-refractivity contribution in [3.05, 3.63) is 23.8 Å². The fraction of sp³-hybridized carbons (Fsp3) is 0.636. The molecule has 0 unspecified atom stereocenters. The summed E-state index contributed by atoms with van der Waals surface area (Å²) in [5.41, 5.74) is 0.375. The molecule has 3 aliphatic rings. The topological polar surface area (TPSA) is 99.5 Å². The number of benzene rings is 1. The Bertz CT molecular complexity index is 786. The normalized spacial score (nSPS) is 28.3. The lowest BCUT2D eigenvalue weighted by Gasteiger charge is -2.56. The van der Waals surface area contributed by atoms with Crippen molar-refractivity contribution in [2.45, 2.75) is 37.8 Å². The second kappa shape index (κ2) is 8.81. The Labute approximate surface area is 176 Å². The second-order valence-corrected chi connectivity index (χ2v) is 8.53. The molecule has 30 heavy (non-hydrogen) atoms. The Kier molecular flexibility index (Phi) is 6.15. The lowest BCUT2D eigenvalue weighted by molar-refractivity contribution is -0.154. The van der Waals surface area contributed by atoms with Gasteiger partial charge in [0.25, 0.3) is 5.91 Å². The van der Waals surface area contributed by atoms with Gasteiger partial charge in [-0.3, -0.25) is 9.59 Å². The number of nitrogens with zero attached hydrogens (tertiary/aromatic N) is 2. The molecule has 0 aromatic heterocycles. The summed E-state index contributed by atoms with van der Waals surface area (Å²) in [6.45, 7) is 1.73. The number of carbonyl (C=O) groups is 2. The molecule has 164 valence electrons. The van der Waals surface area contributed by atoms with E-state index in [0.29, 0.717) is 44.0 Å². The summed E-state index contributed by atoms with van der Waals surface area (Å²) < 4.78 is 10.5. The molecule has 3 aliphatic heterocycles. The molecule has 3 saturated heterocycles. The molecule has 0 saturated carbocycles. The number of aliphatic hydroxyl groups is 1. The number of amides is 2. The van der Waals surface area contributed by atoms with Crippen LogP contribution < -0.4 is 4.74 Å². The summed E-state index contributed by atoms with van der Waals surface area (Å²) in [6.07, 6.45) is 3.26. The van der Waals surface area contributed by atoms with Crippen molar-refractivity contribution in [3.63, 3.8) is 0 Å². The first-order valence-corrected chi connectivity index (χ1v) is 10.7. The zero-order valence-electron chi connectivity index (χ0n) is 17.3. The highest BCUT2D eigenvalue weighted by molar-refractivity contribution is 5.95. The number of likely N-dealkylation sites (tertiary alicyclic amines) is 1. The third-order valence-electron chi connectivity index (χ3n) is 6.67. The fourth-order valence-electron chi connectivity index (χ4n) is 5.39. The Morgan fingerprint density at radius 3 is 2.77 bits per heavy atom. The van der Waals surface area contributed by atoms with Crippen molar-refractivity contribution in [1.29, 1.82) is 0 Å². The lowest BCUT2D eigenvalue weighted by atomic mass is 9.72. The Hall–Kier alpha value is -2.32. The summed E-state index contributed by atoms with van der Waals surface area (Å²) in [5, 5.41) is 20.1. The molecule has 8 nitrogen and oxygen atoms in total. The Morgan fingerprint density at radius 1 is 1.20 bits per heavy atom. The second-order valence-electron chi connectivity index (χ2n) is 8.53. The minimum atomic E-state index is -0.230. The number of aliphatic hydroxyl groups excluding tert-OH is 1. The van der Waals surface area contributed by atoms with Gasteiger partial charge < -0.3 is 29.5 Å². The maximum atomic E-state index is 13.3. The Balaban J connectivity index is 1.53. The molecule has 8 heteroatoms. The van der Waals surface area contributed by atoms with E-state index in [-0.39, 0.29) is 48.1 Å². The average molecular weight is 418 g/mol. The van der Waals surface area contributed by atoms with Gasteiger partial charge in [-0.25, -0.2) is 0 Å². The largest absolute Gasteiger partial charge is 0.508 e. The molecule has 1 aromatic rings. The van der Waals surface area contributed by atoms with Crippen molar-refractivity contribution in [2.75, 3.05) is 40.0 Å². The number of aromatic hydroxyl groups is 1. The van der Waals surface area contributed by atoms with E-state index in [9.17, 15) is 19.8 Å². The molecule has 0 spiro atoms. The van der Waals surface area contributed by atoms with Crippen LogP contribution in [0.25, 0.3) is 0 Å². The molecule has 0 aliphatic carbocycles. The number of piperidine rings is 3. The van der Waals surface area contributed by atoms with E-state index in [1.165, 1.54) is 12.1 Å². The van der Waals surface area contributed by atoms with Gasteiger partial charge in [0.2, 0.25) is 5.91 Å². The van der Waals surface area contributed by atoms with E-state index in [1.807, 2.05) is 9.80 Å². The number of hydrogen-bond donors (Lipinski definition) is 2. The van der Waals surface area contributed by atoms with Crippen LogP contribution in [0.4, 0.5) is 0 Å². The Morgan fingerprint density at radius 2 is 2.00 bits per heavy atom. The minimum absolute atomic E-state index is 0.0252. The molecular weight excluding hydrogens is 388 g/mol. The van der Waals surface area contributed by atoms with Crippen LogP contribution in [0, 0.1) is 11.8 Å². The van der Waals surface area contributed by atoms with Crippen LogP contribution in [0.2, 0.25) is 0 Å². The highest BCUT2D eigenvalue weighted by Gasteiger charge is 2.49. The molecule has 2 amide bonds. The van der Waals surface area contributed by atoms with Crippen LogP contribution in [0.5, 0.6) is 11.5 Å². The lowest BCUT2D eigenvalue weighted by Crippen LogP contribution is -2.66. The molecule has 2 bridgehead atoms. The highest BCUT2D eigenvalue weighted by Crippen LogP contribution is 2.41. The van der Waals surface area contributed by atoms with E-state index < -0.39 is 0 Å². The number of rotatable bonds is 6. The number of methoxy groups -OCH3 is 1. The van der Waals surface area contributed by atoms with Crippen LogP contribution >= 0.6 is 0 Å². The predicted octanol–water partition coefficient (Wildman–Crippen LogP) is 1.25. The van der Waals surface area contributed by atoms with Crippen LogP contribution in [0.1, 0.15) is 36.0 Å². The first kappa shape index (κ1) is 20.9. The van der Waals surface area contributed by atoms with Crippen molar-refractivity contribution < 1.29 is 29.3 Å². The summed E-state index contributed by atoms with van der Waals surface area (Å²) in [5.74, 6) is 0.642. The summed E-state index contributed by atoms with van der Waals surface area (Å²) in [4.78, 5) is 29.5. The van der Waals surface area contributed by atoms with Crippen LogP contribution in [0.15, 0.2) is 18.2 Å². The predicted molar refractivity (Wildman–Crippen MR) is 108 cm³/mol. The van der Waals surface area contributed by atoms with Gasteiger partial charge in [0, 0.05) is 44.3 Å². The third-order valence-corrected chi connectivity index (χ3v) is 6.67. The van der Waals surface area contributed by atoms with Crippen LogP contribution in [0.3, 0.4) is 0 Å². The minimum Gasteiger partial charge on any atom is -0.508 e. The molecule has 4 rings (SSSR count). The quantitative estimate of drug-likeness (QED) is 0.675. The van der Waals surface area contributed by atoms with Gasteiger partial charge in [0.1, 0.15) is 18.1 Å². The molecule has 3 fully saturated rings.